The minimum Gasteiger partial charge on any atom is -0.374 e. The quantitative estimate of drug-likeness (QED) is 0.843. The lowest BCUT2D eigenvalue weighted by Gasteiger charge is -2.26. The van der Waals surface area contributed by atoms with Crippen LogP contribution in [0.1, 0.15) is 22.7 Å². The van der Waals surface area contributed by atoms with Gasteiger partial charge in [-0.05, 0) is 35.4 Å². The Kier molecular flexibility index (Phi) is 3.06. The third-order valence-corrected chi connectivity index (χ3v) is 3.43. The lowest BCUT2D eigenvalue weighted by atomic mass is 9.92. The van der Waals surface area contributed by atoms with Crippen molar-refractivity contribution in [2.24, 2.45) is 0 Å². The second-order valence-electron chi connectivity index (χ2n) is 4.66. The number of hydrogen-bond acceptors (Lipinski definition) is 3. The van der Waals surface area contributed by atoms with Crippen molar-refractivity contribution in [3.8, 4) is 6.07 Å². The lowest BCUT2D eigenvalue weighted by molar-refractivity contribution is -0.105. The van der Waals surface area contributed by atoms with Crippen molar-refractivity contribution in [2.75, 3.05) is 5.32 Å². The summed E-state index contributed by atoms with van der Waals surface area (Å²) >= 11 is 0. The highest BCUT2D eigenvalue weighted by atomic mass is 16.1. The van der Waals surface area contributed by atoms with Gasteiger partial charge < -0.3 is 5.32 Å². The molecule has 1 aliphatic heterocycles. The van der Waals surface area contributed by atoms with Gasteiger partial charge in [-0.3, -0.25) is 4.79 Å². The number of rotatable bonds is 2. The van der Waals surface area contributed by atoms with E-state index in [0.29, 0.717) is 11.1 Å². The van der Waals surface area contributed by atoms with E-state index in [2.05, 4.69) is 11.4 Å². The van der Waals surface area contributed by atoms with E-state index in [1.807, 2.05) is 42.5 Å². The molecule has 0 bridgehead atoms. The molecule has 1 atom stereocenters. The number of nitrogens with zero attached hydrogens (tertiary/aromatic N) is 1. The summed E-state index contributed by atoms with van der Waals surface area (Å²) in [6.07, 6.45) is 2.79. The van der Waals surface area contributed by atoms with Gasteiger partial charge in [-0.25, -0.2) is 0 Å². The summed E-state index contributed by atoms with van der Waals surface area (Å²) in [5, 5.41) is 12.2. The lowest BCUT2D eigenvalue weighted by Crippen LogP contribution is -2.18. The van der Waals surface area contributed by atoms with Crippen molar-refractivity contribution in [1.29, 1.82) is 5.26 Å². The standard InChI is InChI=1S/C17H12N2O/c18-10-12-5-7-13(8-6-12)17-15(11-20)9-14-3-1-2-4-16(14)19-17/h1-9,11,17,19H. The van der Waals surface area contributed by atoms with Crippen LogP contribution in [-0.4, -0.2) is 6.29 Å². The van der Waals surface area contributed by atoms with Crippen molar-refractivity contribution < 1.29 is 4.79 Å². The Hall–Kier alpha value is -2.86. The zero-order valence-corrected chi connectivity index (χ0v) is 10.7. The van der Waals surface area contributed by atoms with Gasteiger partial charge in [-0.2, -0.15) is 5.26 Å². The van der Waals surface area contributed by atoms with Gasteiger partial charge in [0, 0.05) is 11.3 Å². The average Bonchev–Trinajstić information content (AvgIpc) is 2.53. The summed E-state index contributed by atoms with van der Waals surface area (Å²) in [4.78, 5) is 11.3. The smallest absolute Gasteiger partial charge is 0.148 e. The minimum atomic E-state index is -0.171. The molecule has 2 aromatic carbocycles. The second-order valence-corrected chi connectivity index (χ2v) is 4.66. The van der Waals surface area contributed by atoms with Crippen LogP contribution in [0.5, 0.6) is 0 Å². The largest absolute Gasteiger partial charge is 0.374 e. The number of carbonyl (C=O) groups excluding carboxylic acids is 1. The van der Waals surface area contributed by atoms with Crippen LogP contribution in [0.4, 0.5) is 5.69 Å². The summed E-state index contributed by atoms with van der Waals surface area (Å²) in [7, 11) is 0. The monoisotopic (exact) mass is 260 g/mol. The normalized spacial score (nSPS) is 16.4. The molecular weight excluding hydrogens is 248 g/mol. The molecule has 1 heterocycles. The summed E-state index contributed by atoms with van der Waals surface area (Å²) < 4.78 is 0. The topological polar surface area (TPSA) is 52.9 Å². The molecule has 20 heavy (non-hydrogen) atoms. The van der Waals surface area contributed by atoms with Crippen LogP contribution in [0.25, 0.3) is 6.08 Å². The highest BCUT2D eigenvalue weighted by molar-refractivity contribution is 5.89. The first-order valence-electron chi connectivity index (χ1n) is 6.34. The Morgan fingerprint density at radius 2 is 1.85 bits per heavy atom. The molecule has 0 amide bonds. The first-order chi connectivity index (χ1) is 9.81. The summed E-state index contributed by atoms with van der Waals surface area (Å²) in [6, 6.07) is 17.1. The molecule has 1 unspecified atom stereocenters. The Morgan fingerprint density at radius 3 is 2.55 bits per heavy atom. The van der Waals surface area contributed by atoms with Gasteiger partial charge in [0.05, 0.1) is 17.7 Å². The van der Waals surface area contributed by atoms with Crippen molar-refractivity contribution in [1.82, 2.24) is 0 Å². The highest BCUT2D eigenvalue weighted by Gasteiger charge is 2.21. The second kappa shape index (κ2) is 5.02. The van der Waals surface area contributed by atoms with E-state index < -0.39 is 0 Å². The van der Waals surface area contributed by atoms with Crippen LogP contribution < -0.4 is 5.32 Å². The number of hydrogen-bond donors (Lipinski definition) is 1. The van der Waals surface area contributed by atoms with Crippen LogP contribution in [0.3, 0.4) is 0 Å². The molecular formula is C17H12N2O. The molecule has 3 heteroatoms. The predicted octanol–water partition coefficient (Wildman–Crippen LogP) is 3.31. The van der Waals surface area contributed by atoms with E-state index in [1.54, 1.807) is 12.1 Å². The van der Waals surface area contributed by atoms with E-state index in [9.17, 15) is 4.79 Å². The number of carbonyl (C=O) groups is 1. The van der Waals surface area contributed by atoms with Crippen molar-refractivity contribution in [2.45, 2.75) is 6.04 Å². The first kappa shape index (κ1) is 12.2. The number of benzene rings is 2. The van der Waals surface area contributed by atoms with Crippen molar-refractivity contribution >= 4 is 18.0 Å². The van der Waals surface area contributed by atoms with Gasteiger partial charge in [-0.15, -0.1) is 0 Å². The Balaban J connectivity index is 2.02. The molecule has 0 aliphatic carbocycles. The first-order valence-corrected chi connectivity index (χ1v) is 6.34. The maximum absolute atomic E-state index is 11.3. The van der Waals surface area contributed by atoms with Crippen LogP contribution in [0.2, 0.25) is 0 Å². The fourth-order valence-corrected chi connectivity index (χ4v) is 2.38. The Labute approximate surface area is 117 Å². The minimum absolute atomic E-state index is 0.171. The molecule has 2 aromatic rings. The van der Waals surface area contributed by atoms with Gasteiger partial charge in [0.25, 0.3) is 0 Å². The summed E-state index contributed by atoms with van der Waals surface area (Å²) in [5.41, 5.74) is 4.29. The van der Waals surface area contributed by atoms with Gasteiger partial charge in [0.1, 0.15) is 6.29 Å². The maximum atomic E-state index is 11.3. The molecule has 0 saturated heterocycles. The average molecular weight is 260 g/mol. The van der Waals surface area contributed by atoms with Gasteiger partial charge in [0.15, 0.2) is 0 Å². The van der Waals surface area contributed by atoms with E-state index in [-0.39, 0.29) is 6.04 Å². The van der Waals surface area contributed by atoms with E-state index in [4.69, 9.17) is 5.26 Å². The molecule has 0 saturated carbocycles. The number of fused-ring (bicyclic) bond motifs is 1. The van der Waals surface area contributed by atoms with Crippen LogP contribution in [-0.2, 0) is 4.79 Å². The zero-order valence-electron chi connectivity index (χ0n) is 10.7. The molecule has 1 aliphatic rings. The number of aldehydes is 1. The molecule has 3 nitrogen and oxygen atoms in total. The number of anilines is 1. The van der Waals surface area contributed by atoms with Gasteiger partial charge >= 0.3 is 0 Å². The molecule has 3 rings (SSSR count). The number of para-hydroxylation sites is 1. The van der Waals surface area contributed by atoms with E-state index in [1.165, 1.54) is 0 Å². The zero-order chi connectivity index (χ0) is 13.9. The van der Waals surface area contributed by atoms with E-state index >= 15 is 0 Å². The maximum Gasteiger partial charge on any atom is 0.148 e. The molecule has 96 valence electrons. The molecule has 1 N–H and O–H groups in total. The third-order valence-electron chi connectivity index (χ3n) is 3.43. The van der Waals surface area contributed by atoms with Gasteiger partial charge in [0.2, 0.25) is 0 Å². The molecule has 0 radical (unpaired) electrons. The predicted molar refractivity (Wildman–Crippen MR) is 78.0 cm³/mol. The van der Waals surface area contributed by atoms with Crippen LogP contribution in [0.15, 0.2) is 54.1 Å². The van der Waals surface area contributed by atoms with Crippen molar-refractivity contribution in [3.05, 3.63) is 70.8 Å². The summed E-state index contributed by atoms with van der Waals surface area (Å²) in [6.45, 7) is 0. The highest BCUT2D eigenvalue weighted by Crippen LogP contribution is 2.34. The SMILES string of the molecule is N#Cc1ccc(C2Nc3ccccc3C=C2C=O)cc1. The fourth-order valence-electron chi connectivity index (χ4n) is 2.38. The van der Waals surface area contributed by atoms with E-state index in [0.717, 1.165) is 23.1 Å². The number of nitriles is 1. The molecule has 0 fully saturated rings. The fraction of sp³-hybridized carbons (Fsp3) is 0.0588. The molecule has 0 spiro atoms. The Bertz CT molecular complexity index is 723. The summed E-state index contributed by atoms with van der Waals surface area (Å²) in [5.74, 6) is 0. The third kappa shape index (κ3) is 2.08. The van der Waals surface area contributed by atoms with Gasteiger partial charge in [-0.1, -0.05) is 30.3 Å². The Morgan fingerprint density at radius 1 is 1.10 bits per heavy atom. The number of nitrogens with one attached hydrogen (secondary N) is 1. The van der Waals surface area contributed by atoms with Crippen molar-refractivity contribution in [3.63, 3.8) is 0 Å². The van der Waals surface area contributed by atoms with Crippen LogP contribution in [0, 0.1) is 11.3 Å². The van der Waals surface area contributed by atoms with Crippen LogP contribution >= 0.6 is 0 Å². The molecule has 0 aromatic heterocycles.